The van der Waals surface area contributed by atoms with Crippen LogP contribution in [-0.4, -0.2) is 35.7 Å². The first-order valence-corrected chi connectivity index (χ1v) is 6.39. The summed E-state index contributed by atoms with van der Waals surface area (Å²) in [4.78, 5) is 36.5. The van der Waals surface area contributed by atoms with E-state index in [9.17, 15) is 18.8 Å². The number of rotatable bonds is 2. The minimum Gasteiger partial charge on any atom is -0.323 e. The van der Waals surface area contributed by atoms with Crippen LogP contribution < -0.4 is 5.32 Å². The van der Waals surface area contributed by atoms with E-state index in [1.165, 1.54) is 17.0 Å². The monoisotopic (exact) mass is 276 g/mol. The van der Waals surface area contributed by atoms with Gasteiger partial charge in [-0.05, 0) is 30.5 Å². The van der Waals surface area contributed by atoms with E-state index in [2.05, 4.69) is 5.32 Å². The van der Waals surface area contributed by atoms with Crippen LogP contribution in [0.25, 0.3) is 0 Å². The topological polar surface area (TPSA) is 66.5 Å². The standard InChI is InChI=1S/C14H13FN2O3/c15-10-3-1-9(2-4-10)14(5-6-14)13(20)17-7-11(18)16-12(19)8-17/h1-4H,5-8H2,(H,16,18,19). The molecule has 20 heavy (non-hydrogen) atoms. The Morgan fingerprint density at radius 3 is 2.15 bits per heavy atom. The molecule has 2 aliphatic rings. The highest BCUT2D eigenvalue weighted by atomic mass is 19.1. The lowest BCUT2D eigenvalue weighted by molar-refractivity contribution is -0.146. The number of imide groups is 1. The molecule has 3 rings (SSSR count). The molecule has 3 amide bonds. The van der Waals surface area contributed by atoms with Gasteiger partial charge in [-0.3, -0.25) is 19.7 Å². The Kier molecular flexibility index (Phi) is 2.81. The quantitative estimate of drug-likeness (QED) is 0.792. The maximum Gasteiger partial charge on any atom is 0.246 e. The summed E-state index contributed by atoms with van der Waals surface area (Å²) < 4.78 is 13.0. The summed E-state index contributed by atoms with van der Waals surface area (Å²) in [5, 5.41) is 2.16. The molecule has 1 aliphatic heterocycles. The van der Waals surface area contributed by atoms with Gasteiger partial charge in [0.25, 0.3) is 0 Å². The lowest BCUT2D eigenvalue weighted by atomic mass is 9.94. The minimum absolute atomic E-state index is 0.104. The van der Waals surface area contributed by atoms with Crippen molar-refractivity contribution < 1.29 is 18.8 Å². The van der Waals surface area contributed by atoms with Crippen LogP contribution in [0.5, 0.6) is 0 Å². The smallest absolute Gasteiger partial charge is 0.246 e. The van der Waals surface area contributed by atoms with Gasteiger partial charge in [0.1, 0.15) is 18.9 Å². The van der Waals surface area contributed by atoms with Gasteiger partial charge in [-0.1, -0.05) is 12.1 Å². The molecule has 1 aromatic rings. The van der Waals surface area contributed by atoms with E-state index in [1.54, 1.807) is 12.1 Å². The molecule has 5 nitrogen and oxygen atoms in total. The van der Waals surface area contributed by atoms with Crippen LogP contribution in [-0.2, 0) is 19.8 Å². The molecule has 0 unspecified atom stereocenters. The molecule has 1 saturated carbocycles. The molecule has 1 aliphatic carbocycles. The zero-order chi connectivity index (χ0) is 14.3. The van der Waals surface area contributed by atoms with E-state index >= 15 is 0 Å². The Hall–Kier alpha value is -2.24. The zero-order valence-corrected chi connectivity index (χ0v) is 10.7. The second kappa shape index (κ2) is 4.40. The van der Waals surface area contributed by atoms with Crippen molar-refractivity contribution in [2.75, 3.05) is 13.1 Å². The van der Waals surface area contributed by atoms with Crippen molar-refractivity contribution in [3.63, 3.8) is 0 Å². The molecule has 0 radical (unpaired) electrons. The molecule has 6 heteroatoms. The van der Waals surface area contributed by atoms with Crippen molar-refractivity contribution in [1.82, 2.24) is 10.2 Å². The van der Waals surface area contributed by atoms with Crippen molar-refractivity contribution in [3.05, 3.63) is 35.6 Å². The minimum atomic E-state index is -0.689. The van der Waals surface area contributed by atoms with Gasteiger partial charge in [0, 0.05) is 0 Å². The highest BCUT2D eigenvalue weighted by molar-refractivity contribution is 6.04. The van der Waals surface area contributed by atoms with Crippen LogP contribution in [0.1, 0.15) is 18.4 Å². The summed E-state index contributed by atoms with van der Waals surface area (Å²) in [5.74, 6) is -1.52. The van der Waals surface area contributed by atoms with Crippen LogP contribution in [0.15, 0.2) is 24.3 Å². The third-order valence-electron chi connectivity index (χ3n) is 3.79. The van der Waals surface area contributed by atoms with E-state index in [0.29, 0.717) is 12.8 Å². The van der Waals surface area contributed by atoms with Crippen molar-refractivity contribution in [2.24, 2.45) is 0 Å². The van der Waals surface area contributed by atoms with E-state index in [0.717, 1.165) is 5.56 Å². The molecule has 0 aromatic heterocycles. The first-order valence-electron chi connectivity index (χ1n) is 6.39. The van der Waals surface area contributed by atoms with Crippen LogP contribution in [0.4, 0.5) is 4.39 Å². The first-order chi connectivity index (χ1) is 9.51. The number of nitrogens with one attached hydrogen (secondary N) is 1. The maximum atomic E-state index is 13.0. The third-order valence-corrected chi connectivity index (χ3v) is 3.79. The number of hydrogen-bond donors (Lipinski definition) is 1. The van der Waals surface area contributed by atoms with E-state index in [4.69, 9.17) is 0 Å². The van der Waals surface area contributed by atoms with Crippen LogP contribution >= 0.6 is 0 Å². The fourth-order valence-electron chi connectivity index (χ4n) is 2.60. The normalized spacial score (nSPS) is 20.6. The number of hydrogen-bond acceptors (Lipinski definition) is 3. The van der Waals surface area contributed by atoms with E-state index < -0.39 is 17.2 Å². The lowest BCUT2D eigenvalue weighted by Gasteiger charge is -2.29. The molecule has 0 atom stereocenters. The predicted molar refractivity (Wildman–Crippen MR) is 67.0 cm³/mol. The summed E-state index contributed by atoms with van der Waals surface area (Å²) in [5.41, 5.74) is 0.0494. The van der Waals surface area contributed by atoms with Crippen LogP contribution in [0.3, 0.4) is 0 Å². The number of halogens is 1. The van der Waals surface area contributed by atoms with Gasteiger partial charge in [0.2, 0.25) is 17.7 Å². The molecule has 2 fully saturated rings. The Labute approximate surface area is 114 Å². The highest BCUT2D eigenvalue weighted by Crippen LogP contribution is 2.49. The van der Waals surface area contributed by atoms with E-state index in [-0.39, 0.29) is 24.8 Å². The maximum absolute atomic E-state index is 13.0. The number of amides is 3. The van der Waals surface area contributed by atoms with Gasteiger partial charge in [-0.25, -0.2) is 4.39 Å². The second-order valence-electron chi connectivity index (χ2n) is 5.22. The first kappa shape index (κ1) is 12.8. The Bertz CT molecular complexity index is 577. The zero-order valence-electron chi connectivity index (χ0n) is 10.7. The molecular weight excluding hydrogens is 263 g/mol. The van der Waals surface area contributed by atoms with Gasteiger partial charge in [-0.2, -0.15) is 0 Å². The van der Waals surface area contributed by atoms with Crippen molar-refractivity contribution in [3.8, 4) is 0 Å². The number of carbonyl (C=O) groups excluding carboxylic acids is 3. The average Bonchev–Trinajstić information content (AvgIpc) is 3.19. The number of carbonyl (C=O) groups is 3. The van der Waals surface area contributed by atoms with Gasteiger partial charge in [0.15, 0.2) is 0 Å². The average molecular weight is 276 g/mol. The summed E-state index contributed by atoms with van der Waals surface area (Å²) in [7, 11) is 0. The molecule has 0 bridgehead atoms. The van der Waals surface area contributed by atoms with Gasteiger partial charge >= 0.3 is 0 Å². The van der Waals surface area contributed by atoms with Crippen molar-refractivity contribution in [1.29, 1.82) is 0 Å². The fourth-order valence-corrected chi connectivity index (χ4v) is 2.60. The highest BCUT2D eigenvalue weighted by Gasteiger charge is 2.53. The van der Waals surface area contributed by atoms with Crippen LogP contribution in [0, 0.1) is 5.82 Å². The molecule has 1 heterocycles. The number of nitrogens with zero attached hydrogens (tertiary/aromatic N) is 1. The molecule has 1 aromatic carbocycles. The van der Waals surface area contributed by atoms with Crippen LogP contribution in [0.2, 0.25) is 0 Å². The molecule has 1 N–H and O–H groups in total. The predicted octanol–water partition coefficient (Wildman–Crippen LogP) is 0.342. The third kappa shape index (κ3) is 2.07. The van der Waals surface area contributed by atoms with Crippen molar-refractivity contribution >= 4 is 17.7 Å². The summed E-state index contributed by atoms with van der Waals surface area (Å²) in [6, 6.07) is 5.81. The summed E-state index contributed by atoms with van der Waals surface area (Å²) in [6.07, 6.45) is 1.31. The Morgan fingerprint density at radius 2 is 1.65 bits per heavy atom. The summed E-state index contributed by atoms with van der Waals surface area (Å²) >= 11 is 0. The molecular formula is C14H13FN2O3. The lowest BCUT2D eigenvalue weighted by Crippen LogP contribution is -2.55. The largest absolute Gasteiger partial charge is 0.323 e. The molecule has 0 spiro atoms. The fraction of sp³-hybridized carbons (Fsp3) is 0.357. The SMILES string of the molecule is O=C1CN(C(=O)C2(c3ccc(F)cc3)CC2)CC(=O)N1. The Balaban J connectivity index is 1.84. The van der Waals surface area contributed by atoms with Gasteiger partial charge in [0.05, 0.1) is 5.41 Å². The number of benzene rings is 1. The Morgan fingerprint density at radius 1 is 1.10 bits per heavy atom. The van der Waals surface area contributed by atoms with Gasteiger partial charge in [-0.15, -0.1) is 0 Å². The van der Waals surface area contributed by atoms with Gasteiger partial charge < -0.3 is 4.90 Å². The molecule has 104 valence electrons. The number of piperazine rings is 1. The summed E-state index contributed by atoms with van der Waals surface area (Å²) in [6.45, 7) is -0.207. The molecule has 1 saturated heterocycles. The van der Waals surface area contributed by atoms with Crippen molar-refractivity contribution in [2.45, 2.75) is 18.3 Å². The van der Waals surface area contributed by atoms with E-state index in [1.807, 2.05) is 0 Å². The second-order valence-corrected chi connectivity index (χ2v) is 5.22.